The average molecular weight is 968 g/mol. The summed E-state index contributed by atoms with van der Waals surface area (Å²) >= 11 is 0. The quantitative estimate of drug-likeness (QED) is 0.0262. The van der Waals surface area contributed by atoms with Gasteiger partial charge in [-0.25, -0.2) is 0 Å². The Bertz CT molecular complexity index is 1200. The number of esters is 3. The van der Waals surface area contributed by atoms with Crippen molar-refractivity contribution in [2.45, 2.75) is 322 Å². The van der Waals surface area contributed by atoms with E-state index < -0.39 is 6.10 Å². The molecule has 6 nitrogen and oxygen atoms in total. The second-order valence-corrected chi connectivity index (χ2v) is 20.2. The third kappa shape index (κ3) is 56.2. The number of allylic oxidation sites excluding steroid dienone is 8. The summed E-state index contributed by atoms with van der Waals surface area (Å²) in [6, 6.07) is 0. The summed E-state index contributed by atoms with van der Waals surface area (Å²) in [5, 5.41) is 0. The van der Waals surface area contributed by atoms with E-state index in [0.29, 0.717) is 19.3 Å². The maximum absolute atomic E-state index is 12.7. The van der Waals surface area contributed by atoms with Gasteiger partial charge in [0.25, 0.3) is 0 Å². The van der Waals surface area contributed by atoms with E-state index >= 15 is 0 Å². The molecule has 0 radical (unpaired) electrons. The molecule has 0 aromatic carbocycles. The first-order valence-corrected chi connectivity index (χ1v) is 30.1. The fourth-order valence-electron chi connectivity index (χ4n) is 8.85. The molecule has 1 unspecified atom stereocenters. The summed E-state index contributed by atoms with van der Waals surface area (Å²) in [7, 11) is 0. The van der Waals surface area contributed by atoms with Crippen LogP contribution in [0.2, 0.25) is 0 Å². The van der Waals surface area contributed by atoms with E-state index in [1.165, 1.54) is 193 Å². The Morgan fingerprint density at radius 1 is 0.304 bits per heavy atom. The van der Waals surface area contributed by atoms with E-state index in [0.717, 1.165) is 83.5 Å². The van der Waals surface area contributed by atoms with Gasteiger partial charge >= 0.3 is 17.9 Å². The molecule has 0 aromatic rings. The van der Waals surface area contributed by atoms with Crippen molar-refractivity contribution in [2.24, 2.45) is 0 Å². The summed E-state index contributed by atoms with van der Waals surface area (Å²) in [6.45, 7) is 6.49. The highest BCUT2D eigenvalue weighted by Gasteiger charge is 2.19. The predicted octanol–water partition coefficient (Wildman–Crippen LogP) is 20.2. The van der Waals surface area contributed by atoms with Crippen LogP contribution in [-0.4, -0.2) is 37.2 Å². The van der Waals surface area contributed by atoms with E-state index in [1.807, 2.05) is 0 Å². The molecule has 0 amide bonds. The fraction of sp³-hybridized carbons (Fsp3) is 0.825. The lowest BCUT2D eigenvalue weighted by molar-refractivity contribution is -0.167. The van der Waals surface area contributed by atoms with Crippen molar-refractivity contribution in [3.63, 3.8) is 0 Å². The first-order chi connectivity index (χ1) is 34.0. The molecule has 402 valence electrons. The van der Waals surface area contributed by atoms with Gasteiger partial charge in [0.2, 0.25) is 0 Å². The Hall–Kier alpha value is -2.63. The second-order valence-electron chi connectivity index (χ2n) is 20.2. The fourth-order valence-corrected chi connectivity index (χ4v) is 8.85. The molecule has 0 spiro atoms. The average Bonchev–Trinajstić information content (AvgIpc) is 3.35. The molecule has 0 bridgehead atoms. The van der Waals surface area contributed by atoms with E-state index in [4.69, 9.17) is 14.2 Å². The monoisotopic (exact) mass is 967 g/mol. The van der Waals surface area contributed by atoms with Gasteiger partial charge in [-0.3, -0.25) is 14.4 Å². The molecule has 0 fully saturated rings. The van der Waals surface area contributed by atoms with Crippen molar-refractivity contribution < 1.29 is 28.6 Å². The molecule has 0 N–H and O–H groups in total. The predicted molar refractivity (Wildman–Crippen MR) is 298 cm³/mol. The molecule has 0 heterocycles. The zero-order valence-electron chi connectivity index (χ0n) is 46.1. The van der Waals surface area contributed by atoms with E-state index in [-0.39, 0.29) is 31.1 Å². The zero-order valence-corrected chi connectivity index (χ0v) is 46.1. The van der Waals surface area contributed by atoms with Crippen molar-refractivity contribution >= 4 is 17.9 Å². The van der Waals surface area contributed by atoms with Crippen molar-refractivity contribution in [1.82, 2.24) is 0 Å². The lowest BCUT2D eigenvalue weighted by Gasteiger charge is -2.18. The van der Waals surface area contributed by atoms with Crippen molar-refractivity contribution in [3.05, 3.63) is 48.6 Å². The van der Waals surface area contributed by atoms with Gasteiger partial charge in [-0.05, 0) is 57.8 Å². The molecule has 0 saturated heterocycles. The van der Waals surface area contributed by atoms with Crippen molar-refractivity contribution in [1.29, 1.82) is 0 Å². The molecule has 0 rings (SSSR count). The van der Waals surface area contributed by atoms with Gasteiger partial charge in [-0.2, -0.15) is 0 Å². The Morgan fingerprint density at radius 2 is 0.565 bits per heavy atom. The zero-order chi connectivity index (χ0) is 50.0. The first kappa shape index (κ1) is 66.4. The smallest absolute Gasteiger partial charge is 0.306 e. The van der Waals surface area contributed by atoms with Crippen LogP contribution >= 0.6 is 0 Å². The van der Waals surface area contributed by atoms with Gasteiger partial charge < -0.3 is 14.2 Å². The molecule has 0 saturated carbocycles. The summed E-state index contributed by atoms with van der Waals surface area (Å²) in [5.41, 5.74) is 0. The normalized spacial score (nSPS) is 12.3. The Balaban J connectivity index is 3.83. The lowest BCUT2D eigenvalue weighted by Crippen LogP contribution is -2.30. The van der Waals surface area contributed by atoms with Crippen LogP contribution in [-0.2, 0) is 28.6 Å². The van der Waals surface area contributed by atoms with Crippen molar-refractivity contribution in [3.8, 4) is 0 Å². The lowest BCUT2D eigenvalue weighted by atomic mass is 10.0. The van der Waals surface area contributed by atoms with E-state index in [1.54, 1.807) is 0 Å². The topological polar surface area (TPSA) is 78.9 Å². The van der Waals surface area contributed by atoms with Gasteiger partial charge in [0, 0.05) is 19.3 Å². The maximum atomic E-state index is 12.7. The molecule has 69 heavy (non-hydrogen) atoms. The second kappa shape index (κ2) is 57.9. The van der Waals surface area contributed by atoms with Crippen LogP contribution < -0.4 is 0 Å². The molecule has 1 atom stereocenters. The molecule has 0 aliphatic carbocycles. The number of unbranched alkanes of at least 4 members (excludes halogenated alkanes) is 36. The molecular weight excluding hydrogens is 853 g/mol. The number of rotatable bonds is 55. The Labute approximate surface area is 428 Å². The van der Waals surface area contributed by atoms with Crippen LogP contribution in [0.4, 0.5) is 0 Å². The minimum Gasteiger partial charge on any atom is -0.462 e. The highest BCUT2D eigenvalue weighted by Crippen LogP contribution is 2.17. The van der Waals surface area contributed by atoms with Gasteiger partial charge in [0.05, 0.1) is 0 Å². The van der Waals surface area contributed by atoms with Crippen LogP contribution in [0.25, 0.3) is 0 Å². The van der Waals surface area contributed by atoms with Crippen LogP contribution in [0.1, 0.15) is 316 Å². The van der Waals surface area contributed by atoms with Gasteiger partial charge in [0.1, 0.15) is 13.2 Å². The third-order valence-electron chi connectivity index (χ3n) is 13.3. The minimum atomic E-state index is -0.762. The summed E-state index contributed by atoms with van der Waals surface area (Å²) in [5.74, 6) is -0.861. The van der Waals surface area contributed by atoms with Gasteiger partial charge in [0.15, 0.2) is 6.10 Å². The summed E-state index contributed by atoms with van der Waals surface area (Å²) in [6.07, 6.45) is 71.7. The van der Waals surface area contributed by atoms with Gasteiger partial charge in [-0.1, -0.05) is 288 Å². The Kier molecular flexibility index (Phi) is 55.7. The summed E-state index contributed by atoms with van der Waals surface area (Å²) < 4.78 is 16.7. The maximum Gasteiger partial charge on any atom is 0.306 e. The van der Waals surface area contributed by atoms with Crippen LogP contribution in [0, 0.1) is 0 Å². The Morgan fingerprint density at radius 3 is 0.884 bits per heavy atom. The molecule has 0 aromatic heterocycles. The largest absolute Gasteiger partial charge is 0.462 e. The highest BCUT2D eigenvalue weighted by molar-refractivity contribution is 5.71. The highest BCUT2D eigenvalue weighted by atomic mass is 16.6. The van der Waals surface area contributed by atoms with Crippen LogP contribution in [0.3, 0.4) is 0 Å². The van der Waals surface area contributed by atoms with E-state index in [2.05, 4.69) is 69.4 Å². The number of hydrogen-bond acceptors (Lipinski definition) is 6. The number of carbonyl (C=O) groups is 3. The number of carbonyl (C=O) groups excluding carboxylic acids is 3. The molecule has 6 heteroatoms. The standard InChI is InChI=1S/C63H114O6/c1-4-7-10-13-16-19-20-21-22-23-24-25-26-27-28-29-30-31-32-33-34-35-36-37-38-39-40-41-42-43-44-45-48-50-53-56-62(65)68-59-60(69-63(66)57-54-51-47-18-15-12-9-6-3)58-67-61(64)55-52-49-46-17-14-11-8-5-2/h7,10,16,19,21-22,24-25,60H,4-6,8-9,11-15,17-18,20,23,26-59H2,1-3H3/b10-7-,19-16-,22-21-,25-24-. The molecule has 0 aliphatic rings. The molecule has 0 aliphatic heterocycles. The number of ether oxygens (including phenoxy) is 3. The molecular formula is C63H114O6. The van der Waals surface area contributed by atoms with Gasteiger partial charge in [-0.15, -0.1) is 0 Å². The first-order valence-electron chi connectivity index (χ1n) is 30.1. The minimum absolute atomic E-state index is 0.0666. The van der Waals surface area contributed by atoms with Crippen LogP contribution in [0.15, 0.2) is 48.6 Å². The SMILES string of the molecule is CC/C=C\C/C=C\C/C=C\C/C=C\CCCCCCCCCCCCCCCCCCCCCCCCC(=O)OCC(COC(=O)CCCCCCCCCC)OC(=O)CCCCCCCCCC. The third-order valence-corrected chi connectivity index (χ3v) is 13.3. The number of hydrogen-bond donors (Lipinski definition) is 0. The van der Waals surface area contributed by atoms with E-state index in [9.17, 15) is 14.4 Å². The summed E-state index contributed by atoms with van der Waals surface area (Å²) in [4.78, 5) is 37.8. The van der Waals surface area contributed by atoms with Crippen molar-refractivity contribution in [2.75, 3.05) is 13.2 Å². The van der Waals surface area contributed by atoms with Crippen LogP contribution in [0.5, 0.6) is 0 Å².